The minimum Gasteiger partial charge on any atom is -0.397 e. The number of hydrogen-bond acceptors (Lipinski definition) is 2. The zero-order chi connectivity index (χ0) is 13.0. The number of benzene rings is 1. The van der Waals surface area contributed by atoms with Crippen molar-refractivity contribution in [1.29, 1.82) is 0 Å². The molecule has 19 heavy (non-hydrogen) atoms. The van der Waals surface area contributed by atoms with Gasteiger partial charge >= 0.3 is 0 Å². The Balaban J connectivity index is 1.62. The van der Waals surface area contributed by atoms with Gasteiger partial charge in [-0.1, -0.05) is 11.6 Å². The van der Waals surface area contributed by atoms with E-state index in [1.54, 1.807) is 0 Å². The van der Waals surface area contributed by atoms with E-state index in [0.717, 1.165) is 29.1 Å². The van der Waals surface area contributed by atoms with E-state index < -0.39 is 0 Å². The Morgan fingerprint density at radius 3 is 2.16 bits per heavy atom. The minimum atomic E-state index is 0.316. The van der Waals surface area contributed by atoms with Crippen molar-refractivity contribution in [3.8, 4) is 0 Å². The molecule has 0 saturated heterocycles. The summed E-state index contributed by atoms with van der Waals surface area (Å²) in [5, 5.41) is 4.51. The lowest BCUT2D eigenvalue weighted by Crippen LogP contribution is -2.54. The molecule has 0 atom stereocenters. The van der Waals surface area contributed by atoms with Gasteiger partial charge in [-0.25, -0.2) is 0 Å². The summed E-state index contributed by atoms with van der Waals surface area (Å²) in [5.74, 6) is 2.85. The van der Waals surface area contributed by atoms with Gasteiger partial charge in [-0.05, 0) is 74.5 Å². The van der Waals surface area contributed by atoms with Crippen LogP contribution in [0, 0.1) is 17.8 Å². The number of nitrogens with two attached hydrogens (primary N) is 1. The second kappa shape index (κ2) is 4.05. The van der Waals surface area contributed by atoms with Crippen molar-refractivity contribution in [2.75, 3.05) is 11.1 Å². The van der Waals surface area contributed by atoms with Gasteiger partial charge in [0, 0.05) is 10.6 Å². The van der Waals surface area contributed by atoms with Crippen molar-refractivity contribution >= 4 is 23.0 Å². The lowest BCUT2D eigenvalue weighted by molar-refractivity contribution is 0.0107. The van der Waals surface area contributed by atoms with Crippen LogP contribution in [0.3, 0.4) is 0 Å². The molecule has 4 bridgehead atoms. The molecule has 0 amide bonds. The lowest BCUT2D eigenvalue weighted by atomic mass is 9.53. The van der Waals surface area contributed by atoms with E-state index in [2.05, 4.69) is 5.32 Å². The monoisotopic (exact) mass is 276 g/mol. The van der Waals surface area contributed by atoms with E-state index in [9.17, 15) is 0 Å². The molecule has 102 valence electrons. The van der Waals surface area contributed by atoms with Crippen LogP contribution in [0.15, 0.2) is 18.2 Å². The molecule has 0 unspecified atom stereocenters. The second-order valence-electron chi connectivity index (χ2n) is 7.05. The van der Waals surface area contributed by atoms with Crippen molar-refractivity contribution in [2.24, 2.45) is 17.8 Å². The quantitative estimate of drug-likeness (QED) is 0.790. The molecule has 0 radical (unpaired) electrons. The van der Waals surface area contributed by atoms with Crippen LogP contribution in [0.2, 0.25) is 5.02 Å². The normalized spacial score (nSPS) is 39.5. The van der Waals surface area contributed by atoms with Gasteiger partial charge in [0.05, 0.1) is 11.4 Å². The predicted molar refractivity (Wildman–Crippen MR) is 80.4 cm³/mol. The van der Waals surface area contributed by atoms with Gasteiger partial charge in [0.15, 0.2) is 0 Å². The fraction of sp³-hybridized carbons (Fsp3) is 0.625. The summed E-state index contributed by atoms with van der Waals surface area (Å²) >= 11 is 5.99. The molecule has 4 saturated carbocycles. The Hall–Kier alpha value is -0.890. The Kier molecular flexibility index (Phi) is 2.54. The Bertz CT molecular complexity index is 476. The van der Waals surface area contributed by atoms with E-state index in [-0.39, 0.29) is 0 Å². The SMILES string of the molecule is Nc1cc(Cl)ccc1NC12CC3CC(CC(C3)C1)C2. The van der Waals surface area contributed by atoms with Crippen molar-refractivity contribution < 1.29 is 0 Å². The first-order valence-corrected chi connectivity index (χ1v) is 7.83. The summed E-state index contributed by atoms with van der Waals surface area (Å²) in [5.41, 5.74) is 8.28. The fourth-order valence-electron chi connectivity index (χ4n) is 5.20. The van der Waals surface area contributed by atoms with E-state index in [1.807, 2.05) is 18.2 Å². The molecule has 3 heteroatoms. The van der Waals surface area contributed by atoms with Crippen LogP contribution >= 0.6 is 11.6 Å². The molecule has 1 aromatic carbocycles. The third-order valence-electron chi connectivity index (χ3n) is 5.45. The standard InChI is InChI=1S/C16H21ClN2/c17-13-1-2-15(14(18)6-13)19-16-7-10-3-11(8-16)5-12(4-10)9-16/h1-2,6,10-12,19H,3-5,7-9,18H2. The van der Waals surface area contributed by atoms with Crippen molar-refractivity contribution in [2.45, 2.75) is 44.1 Å². The molecular weight excluding hydrogens is 256 g/mol. The molecule has 5 rings (SSSR count). The molecular formula is C16H21ClN2. The molecule has 2 nitrogen and oxygen atoms in total. The largest absolute Gasteiger partial charge is 0.397 e. The van der Waals surface area contributed by atoms with E-state index in [4.69, 9.17) is 17.3 Å². The highest BCUT2D eigenvalue weighted by Crippen LogP contribution is 2.56. The van der Waals surface area contributed by atoms with Crippen molar-refractivity contribution in [1.82, 2.24) is 0 Å². The topological polar surface area (TPSA) is 38.0 Å². The summed E-state index contributed by atoms with van der Waals surface area (Å²) in [6.45, 7) is 0. The third kappa shape index (κ3) is 2.01. The van der Waals surface area contributed by atoms with E-state index >= 15 is 0 Å². The Morgan fingerprint density at radius 1 is 1.05 bits per heavy atom. The second-order valence-corrected chi connectivity index (χ2v) is 7.49. The van der Waals surface area contributed by atoms with Crippen LogP contribution in [-0.2, 0) is 0 Å². The first-order valence-electron chi connectivity index (χ1n) is 7.45. The number of halogens is 1. The summed E-state index contributed by atoms with van der Waals surface area (Å²) in [6.07, 6.45) is 8.41. The average Bonchev–Trinajstić information content (AvgIpc) is 2.31. The van der Waals surface area contributed by atoms with Crippen LogP contribution in [0.4, 0.5) is 11.4 Å². The first-order chi connectivity index (χ1) is 9.12. The van der Waals surface area contributed by atoms with Gasteiger partial charge in [0.1, 0.15) is 0 Å². The molecule has 4 fully saturated rings. The average molecular weight is 277 g/mol. The van der Waals surface area contributed by atoms with Crippen LogP contribution in [0.1, 0.15) is 38.5 Å². The number of hydrogen-bond donors (Lipinski definition) is 2. The maximum atomic E-state index is 6.10. The number of rotatable bonds is 2. The molecule has 4 aliphatic carbocycles. The minimum absolute atomic E-state index is 0.316. The molecule has 4 aliphatic rings. The summed E-state index contributed by atoms with van der Waals surface area (Å²) in [6, 6.07) is 5.82. The summed E-state index contributed by atoms with van der Waals surface area (Å²) in [7, 11) is 0. The molecule has 1 aromatic rings. The third-order valence-corrected chi connectivity index (χ3v) is 5.69. The van der Waals surface area contributed by atoms with Crippen LogP contribution in [-0.4, -0.2) is 5.54 Å². The highest BCUT2D eigenvalue weighted by Gasteiger charge is 2.50. The maximum Gasteiger partial charge on any atom is 0.0579 e. The van der Waals surface area contributed by atoms with Gasteiger partial charge in [0.2, 0.25) is 0 Å². The van der Waals surface area contributed by atoms with Gasteiger partial charge in [-0.15, -0.1) is 0 Å². The van der Waals surface area contributed by atoms with Crippen LogP contribution in [0.25, 0.3) is 0 Å². The maximum absolute atomic E-state index is 6.10. The van der Waals surface area contributed by atoms with E-state index in [1.165, 1.54) is 38.5 Å². The first kappa shape index (κ1) is 11.9. The van der Waals surface area contributed by atoms with Crippen LogP contribution < -0.4 is 11.1 Å². The summed E-state index contributed by atoms with van der Waals surface area (Å²) in [4.78, 5) is 0. The van der Waals surface area contributed by atoms with Crippen molar-refractivity contribution in [3.63, 3.8) is 0 Å². The van der Waals surface area contributed by atoms with E-state index in [0.29, 0.717) is 10.6 Å². The van der Waals surface area contributed by atoms with Gasteiger partial charge < -0.3 is 11.1 Å². The molecule has 3 N–H and O–H groups in total. The zero-order valence-electron chi connectivity index (χ0n) is 11.2. The zero-order valence-corrected chi connectivity index (χ0v) is 11.9. The fourth-order valence-corrected chi connectivity index (χ4v) is 5.38. The Morgan fingerprint density at radius 2 is 1.63 bits per heavy atom. The van der Waals surface area contributed by atoms with Crippen molar-refractivity contribution in [3.05, 3.63) is 23.2 Å². The van der Waals surface area contributed by atoms with Gasteiger partial charge in [-0.3, -0.25) is 0 Å². The predicted octanol–water partition coefficient (Wildman–Crippen LogP) is 4.30. The number of nitrogen functional groups attached to an aromatic ring is 1. The number of nitrogens with one attached hydrogen (secondary N) is 1. The van der Waals surface area contributed by atoms with Gasteiger partial charge in [-0.2, -0.15) is 0 Å². The van der Waals surface area contributed by atoms with Crippen LogP contribution in [0.5, 0.6) is 0 Å². The molecule has 0 heterocycles. The molecule has 0 spiro atoms. The highest BCUT2D eigenvalue weighted by atomic mass is 35.5. The number of anilines is 2. The molecule has 0 aliphatic heterocycles. The summed E-state index contributed by atoms with van der Waals surface area (Å²) < 4.78 is 0. The molecule has 0 aromatic heterocycles. The van der Waals surface area contributed by atoms with Gasteiger partial charge in [0.25, 0.3) is 0 Å². The lowest BCUT2D eigenvalue weighted by Gasteiger charge is -2.57. The smallest absolute Gasteiger partial charge is 0.0579 e. The Labute approximate surface area is 119 Å². The highest BCUT2D eigenvalue weighted by molar-refractivity contribution is 6.31.